The molecule has 1 N–H and O–H groups in total. The Balaban J connectivity index is 2.06. The Morgan fingerprint density at radius 3 is 2.43 bits per heavy atom. The highest BCUT2D eigenvalue weighted by atomic mass is 32.1. The van der Waals surface area contributed by atoms with Crippen molar-refractivity contribution in [3.8, 4) is 0 Å². The SMILES string of the molecule is CCc1ccc(C(=O)COC(=O)c2[nH]c(C)c(C(C)=O)c2C)s1. The second-order valence-corrected chi connectivity index (χ2v) is 6.47. The molecule has 122 valence electrons. The fraction of sp³-hybridized carbons (Fsp3) is 0.353. The molecule has 0 bridgehead atoms. The lowest BCUT2D eigenvalue weighted by atomic mass is 10.1. The van der Waals surface area contributed by atoms with E-state index in [2.05, 4.69) is 4.98 Å². The van der Waals surface area contributed by atoms with Crippen LogP contribution in [0.3, 0.4) is 0 Å². The maximum atomic E-state index is 12.1. The van der Waals surface area contributed by atoms with E-state index >= 15 is 0 Å². The smallest absolute Gasteiger partial charge is 0.355 e. The van der Waals surface area contributed by atoms with E-state index in [0.29, 0.717) is 21.7 Å². The number of Topliss-reactive ketones (excluding diaryl/α,β-unsaturated/α-hetero) is 2. The lowest BCUT2D eigenvalue weighted by molar-refractivity contribution is 0.0470. The van der Waals surface area contributed by atoms with E-state index in [1.807, 2.05) is 13.0 Å². The highest BCUT2D eigenvalue weighted by molar-refractivity contribution is 7.14. The predicted octanol–water partition coefficient (Wildman–Crippen LogP) is 3.50. The maximum Gasteiger partial charge on any atom is 0.355 e. The van der Waals surface area contributed by atoms with Crippen LogP contribution in [0.2, 0.25) is 0 Å². The first-order valence-corrected chi connectivity index (χ1v) is 8.15. The summed E-state index contributed by atoms with van der Waals surface area (Å²) in [5.41, 5.74) is 1.89. The van der Waals surface area contributed by atoms with Crippen LogP contribution < -0.4 is 0 Å². The van der Waals surface area contributed by atoms with E-state index in [4.69, 9.17) is 4.74 Å². The van der Waals surface area contributed by atoms with Crippen LogP contribution >= 0.6 is 11.3 Å². The molecule has 0 spiro atoms. The number of carbonyl (C=O) groups excluding carboxylic acids is 3. The number of H-pyrrole nitrogens is 1. The Morgan fingerprint density at radius 1 is 1.22 bits per heavy atom. The maximum absolute atomic E-state index is 12.1. The number of aromatic nitrogens is 1. The van der Waals surface area contributed by atoms with Gasteiger partial charge in [0.25, 0.3) is 0 Å². The number of hydrogen-bond donors (Lipinski definition) is 1. The molecule has 0 saturated carbocycles. The van der Waals surface area contributed by atoms with Gasteiger partial charge >= 0.3 is 5.97 Å². The minimum absolute atomic E-state index is 0.114. The normalized spacial score (nSPS) is 10.6. The zero-order valence-corrected chi connectivity index (χ0v) is 14.4. The van der Waals surface area contributed by atoms with Crippen molar-refractivity contribution in [1.82, 2.24) is 4.98 Å². The molecule has 6 heteroatoms. The zero-order valence-electron chi connectivity index (χ0n) is 13.6. The topological polar surface area (TPSA) is 76.2 Å². The number of nitrogens with one attached hydrogen (secondary N) is 1. The molecule has 2 rings (SSSR count). The van der Waals surface area contributed by atoms with Crippen molar-refractivity contribution in [1.29, 1.82) is 0 Å². The first-order chi connectivity index (χ1) is 10.8. The average molecular weight is 333 g/mol. The van der Waals surface area contributed by atoms with E-state index in [1.54, 1.807) is 19.9 Å². The molecule has 0 unspecified atom stereocenters. The molecule has 23 heavy (non-hydrogen) atoms. The Morgan fingerprint density at radius 2 is 1.91 bits per heavy atom. The van der Waals surface area contributed by atoms with Gasteiger partial charge in [-0.1, -0.05) is 6.92 Å². The largest absolute Gasteiger partial charge is 0.453 e. The molecule has 2 aromatic heterocycles. The Kier molecular flexibility index (Phi) is 5.15. The van der Waals surface area contributed by atoms with E-state index in [0.717, 1.165) is 11.3 Å². The minimum atomic E-state index is -0.626. The number of aryl methyl sites for hydroxylation is 2. The molecule has 0 saturated heterocycles. The number of ether oxygens (including phenoxy) is 1. The van der Waals surface area contributed by atoms with Crippen molar-refractivity contribution in [2.45, 2.75) is 34.1 Å². The van der Waals surface area contributed by atoms with Crippen molar-refractivity contribution in [3.63, 3.8) is 0 Å². The van der Waals surface area contributed by atoms with Crippen molar-refractivity contribution >= 4 is 28.9 Å². The third kappa shape index (κ3) is 3.59. The van der Waals surface area contributed by atoms with Gasteiger partial charge in [-0.15, -0.1) is 11.3 Å². The molecule has 0 amide bonds. The summed E-state index contributed by atoms with van der Waals surface area (Å²) in [6.45, 7) is 6.57. The number of aromatic amines is 1. The van der Waals surface area contributed by atoms with Gasteiger partial charge in [0.15, 0.2) is 12.4 Å². The van der Waals surface area contributed by atoms with Crippen LogP contribution in [0.25, 0.3) is 0 Å². The lowest BCUT2D eigenvalue weighted by Gasteiger charge is -2.03. The molecule has 0 aliphatic heterocycles. The van der Waals surface area contributed by atoms with Gasteiger partial charge in [0.1, 0.15) is 5.69 Å². The second-order valence-electron chi connectivity index (χ2n) is 5.30. The van der Waals surface area contributed by atoms with E-state index in [9.17, 15) is 14.4 Å². The first kappa shape index (κ1) is 17.1. The van der Waals surface area contributed by atoms with E-state index in [-0.39, 0.29) is 23.9 Å². The van der Waals surface area contributed by atoms with Gasteiger partial charge in [0, 0.05) is 16.1 Å². The highest BCUT2D eigenvalue weighted by Gasteiger charge is 2.21. The summed E-state index contributed by atoms with van der Waals surface area (Å²) in [5, 5.41) is 0. The van der Waals surface area contributed by atoms with E-state index < -0.39 is 5.97 Å². The fourth-order valence-corrected chi connectivity index (χ4v) is 3.35. The van der Waals surface area contributed by atoms with Crippen LogP contribution in [-0.4, -0.2) is 29.1 Å². The number of esters is 1. The molecule has 0 radical (unpaired) electrons. The number of hydrogen-bond acceptors (Lipinski definition) is 5. The summed E-state index contributed by atoms with van der Waals surface area (Å²) in [6, 6.07) is 3.65. The number of rotatable bonds is 6. The minimum Gasteiger partial charge on any atom is -0.453 e. The number of carbonyl (C=O) groups is 3. The molecular weight excluding hydrogens is 314 g/mol. The van der Waals surface area contributed by atoms with Crippen molar-refractivity contribution in [2.75, 3.05) is 6.61 Å². The number of thiophene rings is 1. The van der Waals surface area contributed by atoms with E-state index in [1.165, 1.54) is 18.3 Å². The molecule has 0 aliphatic rings. The second kappa shape index (κ2) is 6.91. The summed E-state index contributed by atoms with van der Waals surface area (Å²) in [5.74, 6) is -0.966. The molecule has 2 aromatic rings. The van der Waals surface area contributed by atoms with Crippen LogP contribution in [0.15, 0.2) is 12.1 Å². The van der Waals surface area contributed by atoms with Crippen molar-refractivity contribution in [2.24, 2.45) is 0 Å². The van der Waals surface area contributed by atoms with Gasteiger partial charge in [-0.25, -0.2) is 4.79 Å². The Labute approximate surface area is 138 Å². The van der Waals surface area contributed by atoms with Crippen LogP contribution in [0.1, 0.15) is 60.5 Å². The summed E-state index contributed by atoms with van der Waals surface area (Å²) in [7, 11) is 0. The predicted molar refractivity (Wildman–Crippen MR) is 88.6 cm³/mol. The zero-order chi connectivity index (χ0) is 17.1. The van der Waals surface area contributed by atoms with Gasteiger partial charge in [-0.2, -0.15) is 0 Å². The summed E-state index contributed by atoms with van der Waals surface area (Å²) in [4.78, 5) is 40.3. The molecule has 2 heterocycles. The standard InChI is InChI=1S/C17H19NO4S/c1-5-12-6-7-14(23-12)13(20)8-22-17(21)16-9(2)15(11(4)19)10(3)18-16/h6-7,18H,5,8H2,1-4H3. The third-order valence-electron chi connectivity index (χ3n) is 3.61. The van der Waals surface area contributed by atoms with Gasteiger partial charge < -0.3 is 9.72 Å². The Hall–Kier alpha value is -2.21. The van der Waals surface area contributed by atoms with Crippen molar-refractivity contribution in [3.05, 3.63) is 44.4 Å². The van der Waals surface area contributed by atoms with Gasteiger partial charge in [0.05, 0.1) is 4.88 Å². The van der Waals surface area contributed by atoms with Crippen LogP contribution in [-0.2, 0) is 11.2 Å². The Bertz CT molecular complexity index is 770. The van der Waals surface area contributed by atoms with Crippen molar-refractivity contribution < 1.29 is 19.1 Å². The summed E-state index contributed by atoms with van der Waals surface area (Å²) < 4.78 is 5.09. The first-order valence-electron chi connectivity index (χ1n) is 7.34. The van der Waals surface area contributed by atoms with Gasteiger partial charge in [0.2, 0.25) is 5.78 Å². The number of ketones is 2. The summed E-state index contributed by atoms with van der Waals surface area (Å²) >= 11 is 1.41. The lowest BCUT2D eigenvalue weighted by Crippen LogP contribution is -2.14. The van der Waals surface area contributed by atoms with Crippen LogP contribution in [0.4, 0.5) is 0 Å². The molecule has 0 atom stereocenters. The molecule has 0 fully saturated rings. The van der Waals surface area contributed by atoms with Gasteiger partial charge in [-0.3, -0.25) is 9.59 Å². The van der Waals surface area contributed by atoms with Gasteiger partial charge in [-0.05, 0) is 44.9 Å². The molecule has 0 aromatic carbocycles. The van der Waals surface area contributed by atoms with Crippen LogP contribution in [0.5, 0.6) is 0 Å². The summed E-state index contributed by atoms with van der Waals surface area (Å²) in [6.07, 6.45) is 0.868. The fourth-order valence-electron chi connectivity index (χ4n) is 2.47. The molecular formula is C17H19NO4S. The highest BCUT2D eigenvalue weighted by Crippen LogP contribution is 2.20. The van der Waals surface area contributed by atoms with Crippen LogP contribution in [0, 0.1) is 13.8 Å². The quantitative estimate of drug-likeness (QED) is 0.648. The molecule has 0 aliphatic carbocycles. The molecule has 5 nitrogen and oxygen atoms in total. The average Bonchev–Trinajstić information content (AvgIpc) is 3.08. The third-order valence-corrected chi connectivity index (χ3v) is 4.88. The monoisotopic (exact) mass is 333 g/mol.